The number of carbonyl (C=O) groups is 4. The van der Waals surface area contributed by atoms with Crippen LogP contribution in [0, 0.1) is 0 Å². The topological polar surface area (TPSA) is 163 Å². The van der Waals surface area contributed by atoms with Gasteiger partial charge >= 0.3 is 17.9 Å². The quantitative estimate of drug-likeness (QED) is 0.154. The first-order valence-corrected chi connectivity index (χ1v) is 16.7. The fourth-order valence-corrected chi connectivity index (χ4v) is 5.93. The zero-order chi connectivity index (χ0) is 36.9. The minimum atomic E-state index is -1.42. The van der Waals surface area contributed by atoms with Crippen LogP contribution in [0.1, 0.15) is 45.7 Å². The van der Waals surface area contributed by atoms with E-state index in [-0.39, 0.29) is 19.8 Å². The molecule has 0 radical (unpaired) electrons. The van der Waals surface area contributed by atoms with Crippen molar-refractivity contribution in [2.45, 2.75) is 109 Å². The fraction of sp³-hybridized carbons (Fsp3) is 0.514. The second-order valence-electron chi connectivity index (χ2n) is 12.2. The molecule has 0 aliphatic carbocycles. The highest BCUT2D eigenvalue weighted by Crippen LogP contribution is 2.35. The predicted octanol–water partition coefficient (Wildman–Crippen LogP) is 3.15. The van der Waals surface area contributed by atoms with Crippen LogP contribution in [0.3, 0.4) is 0 Å². The lowest BCUT2D eigenvalue weighted by Gasteiger charge is -2.49. The molecule has 14 heteroatoms. The summed E-state index contributed by atoms with van der Waals surface area (Å²) in [5, 5.41) is 2.73. The Kier molecular flexibility index (Phi) is 15.1. The Morgan fingerprint density at radius 1 is 0.706 bits per heavy atom. The van der Waals surface area contributed by atoms with E-state index < -0.39 is 91.8 Å². The van der Waals surface area contributed by atoms with Gasteiger partial charge in [0, 0.05) is 27.7 Å². The Morgan fingerprint density at radius 2 is 1.27 bits per heavy atom. The number of esters is 3. The molecular weight excluding hydrogens is 666 g/mol. The van der Waals surface area contributed by atoms with Crippen LogP contribution in [-0.2, 0) is 75.0 Å². The summed E-state index contributed by atoms with van der Waals surface area (Å²) < 4.78 is 54.9. The van der Waals surface area contributed by atoms with E-state index >= 15 is 0 Å². The monoisotopic (exact) mass is 713 g/mol. The largest absolute Gasteiger partial charge is 0.463 e. The molecule has 2 heterocycles. The highest BCUT2D eigenvalue weighted by Gasteiger charge is 2.55. The van der Waals surface area contributed by atoms with Crippen LogP contribution < -0.4 is 5.32 Å². The number of amides is 1. The molecule has 1 amide bonds. The van der Waals surface area contributed by atoms with E-state index in [9.17, 15) is 19.2 Å². The lowest BCUT2D eigenvalue weighted by Crippen LogP contribution is -2.69. The van der Waals surface area contributed by atoms with E-state index in [1.54, 1.807) is 6.08 Å². The predicted molar refractivity (Wildman–Crippen MR) is 179 cm³/mol. The minimum absolute atomic E-state index is 0.0819. The van der Waals surface area contributed by atoms with Gasteiger partial charge in [-0.2, -0.15) is 0 Å². The summed E-state index contributed by atoms with van der Waals surface area (Å²) in [4.78, 5) is 49.1. The van der Waals surface area contributed by atoms with E-state index in [1.807, 2.05) is 67.6 Å². The van der Waals surface area contributed by atoms with E-state index in [1.165, 1.54) is 20.8 Å². The number of ether oxygens (including phenoxy) is 9. The van der Waals surface area contributed by atoms with Gasteiger partial charge in [0.05, 0.1) is 25.9 Å². The lowest BCUT2D eigenvalue weighted by molar-refractivity contribution is -0.359. The average Bonchev–Trinajstić information content (AvgIpc) is 3.08. The molecule has 51 heavy (non-hydrogen) atoms. The van der Waals surface area contributed by atoms with Crippen molar-refractivity contribution >= 4 is 23.8 Å². The molecule has 0 spiro atoms. The molecule has 2 saturated heterocycles. The van der Waals surface area contributed by atoms with Gasteiger partial charge in [-0.05, 0) is 18.1 Å². The average molecular weight is 714 g/mol. The van der Waals surface area contributed by atoms with Crippen LogP contribution in [0.2, 0.25) is 0 Å². The van der Waals surface area contributed by atoms with Crippen LogP contribution in [0.5, 0.6) is 0 Å². The van der Waals surface area contributed by atoms with E-state index in [2.05, 4.69) is 11.9 Å². The molecule has 0 bridgehead atoms. The summed E-state index contributed by atoms with van der Waals surface area (Å²) in [6.45, 7) is 10.5. The van der Waals surface area contributed by atoms with E-state index in [0.717, 1.165) is 18.1 Å². The summed E-state index contributed by atoms with van der Waals surface area (Å²) in [5.41, 5.74) is 1.80. The minimum Gasteiger partial charge on any atom is -0.463 e. The molecule has 4 rings (SSSR count). The third kappa shape index (κ3) is 11.7. The summed E-state index contributed by atoms with van der Waals surface area (Å²) in [5.74, 6) is -2.62. The van der Waals surface area contributed by atoms with Gasteiger partial charge in [-0.25, -0.2) is 0 Å². The van der Waals surface area contributed by atoms with Crippen LogP contribution in [0.25, 0.3) is 0 Å². The molecule has 14 nitrogen and oxygen atoms in total. The first-order chi connectivity index (χ1) is 24.5. The summed E-state index contributed by atoms with van der Waals surface area (Å²) in [6, 6.07) is 17.9. The highest BCUT2D eigenvalue weighted by molar-refractivity contribution is 5.73. The van der Waals surface area contributed by atoms with Gasteiger partial charge in [0.25, 0.3) is 0 Å². The van der Waals surface area contributed by atoms with Gasteiger partial charge in [0.1, 0.15) is 37.1 Å². The van der Waals surface area contributed by atoms with Crippen LogP contribution in [0.15, 0.2) is 73.3 Å². The first kappa shape index (κ1) is 39.6. The summed E-state index contributed by atoms with van der Waals surface area (Å²) in [6.07, 6.45) is -7.98. The molecule has 0 aromatic heterocycles. The number of carbonyl (C=O) groups excluding carboxylic acids is 4. The maximum atomic E-state index is 12.6. The van der Waals surface area contributed by atoms with Crippen molar-refractivity contribution < 1.29 is 61.8 Å². The second-order valence-corrected chi connectivity index (χ2v) is 12.2. The molecule has 10 atom stereocenters. The molecule has 2 aromatic rings. The van der Waals surface area contributed by atoms with Gasteiger partial charge in [-0.1, -0.05) is 66.7 Å². The van der Waals surface area contributed by atoms with Crippen molar-refractivity contribution in [1.82, 2.24) is 5.32 Å². The Balaban J connectivity index is 1.76. The Hall–Kier alpha value is -4.18. The van der Waals surface area contributed by atoms with Crippen molar-refractivity contribution in [3.63, 3.8) is 0 Å². The standard InChI is InChI=1S/C37H47NO13/c1-7-18-43-37-35(34(46-20-28-16-12-9-13-17-28)31(22(2)47-37)45-19-27-14-10-8-11-15-27)51-36-30(38-23(3)39)33(49-26(6)42)32(48-25(5)41)29(50-36)21-44-24(4)40/h7-17,22,29-37H,1,18-21H2,2-6H3,(H,38,39)/t22-,29+,30+,31-,32+,33+,34+,35+,36-,37+/m0/s1. The van der Waals surface area contributed by atoms with Crippen molar-refractivity contribution in [3.05, 3.63) is 84.4 Å². The summed E-state index contributed by atoms with van der Waals surface area (Å²) in [7, 11) is 0. The summed E-state index contributed by atoms with van der Waals surface area (Å²) >= 11 is 0. The zero-order valence-corrected chi connectivity index (χ0v) is 29.5. The van der Waals surface area contributed by atoms with Gasteiger partial charge in [-0.15, -0.1) is 6.58 Å². The van der Waals surface area contributed by atoms with Crippen molar-refractivity contribution in [2.24, 2.45) is 0 Å². The first-order valence-electron chi connectivity index (χ1n) is 16.7. The molecule has 2 fully saturated rings. The third-order valence-corrected chi connectivity index (χ3v) is 8.04. The maximum Gasteiger partial charge on any atom is 0.303 e. The molecule has 0 saturated carbocycles. The van der Waals surface area contributed by atoms with Gasteiger partial charge in [-0.3, -0.25) is 19.2 Å². The fourth-order valence-electron chi connectivity index (χ4n) is 5.93. The number of rotatable bonds is 16. The second kappa shape index (κ2) is 19.4. The number of benzene rings is 2. The Labute approximate surface area is 297 Å². The van der Waals surface area contributed by atoms with E-state index in [0.29, 0.717) is 0 Å². The van der Waals surface area contributed by atoms with Crippen molar-refractivity contribution in [3.8, 4) is 0 Å². The van der Waals surface area contributed by atoms with Gasteiger partial charge in [0.15, 0.2) is 24.8 Å². The van der Waals surface area contributed by atoms with Crippen LogP contribution in [-0.4, -0.2) is 98.4 Å². The molecular formula is C37H47NO13. The lowest BCUT2D eigenvalue weighted by atomic mass is 9.95. The van der Waals surface area contributed by atoms with Gasteiger partial charge < -0.3 is 47.9 Å². The highest BCUT2D eigenvalue weighted by atomic mass is 16.8. The van der Waals surface area contributed by atoms with E-state index in [4.69, 9.17) is 42.6 Å². The molecule has 1 N–H and O–H groups in total. The van der Waals surface area contributed by atoms with Gasteiger partial charge in [0.2, 0.25) is 5.91 Å². The van der Waals surface area contributed by atoms with Crippen molar-refractivity contribution in [2.75, 3.05) is 13.2 Å². The molecule has 2 aromatic carbocycles. The zero-order valence-electron chi connectivity index (χ0n) is 29.5. The normalized spacial score (nSPS) is 29.0. The smallest absolute Gasteiger partial charge is 0.303 e. The number of hydrogen-bond donors (Lipinski definition) is 1. The number of hydrogen-bond acceptors (Lipinski definition) is 13. The Bertz CT molecular complexity index is 1440. The molecule has 0 unspecified atom stereocenters. The SMILES string of the molecule is C=CCO[C@@H]1O[C@@H](C)[C@H](OCc2ccccc2)[C@@H](OCc2ccccc2)[C@H]1O[C@@H]1O[C@H](COC(C)=O)[C@@H](OC(C)=O)[C@H](OC(C)=O)[C@H]1NC(C)=O. The Morgan fingerprint density at radius 3 is 1.80 bits per heavy atom. The van der Waals surface area contributed by atoms with Crippen molar-refractivity contribution in [1.29, 1.82) is 0 Å². The third-order valence-electron chi connectivity index (χ3n) is 8.04. The molecule has 2 aliphatic heterocycles. The maximum absolute atomic E-state index is 12.6. The number of nitrogens with one attached hydrogen (secondary N) is 1. The van der Waals surface area contributed by atoms with Crippen LogP contribution in [0.4, 0.5) is 0 Å². The van der Waals surface area contributed by atoms with Crippen LogP contribution >= 0.6 is 0 Å². The molecule has 278 valence electrons. The molecule has 2 aliphatic rings.